The monoisotopic (exact) mass is 225 g/mol. The molecule has 2 atom stereocenters. The van der Waals surface area contributed by atoms with Gasteiger partial charge >= 0.3 is 0 Å². The number of rotatable bonds is 7. The molecule has 2 unspecified atom stereocenters. The maximum absolute atomic E-state index is 3.71. The zero-order chi connectivity index (χ0) is 11.1. The van der Waals surface area contributed by atoms with Gasteiger partial charge in [-0.2, -0.15) is 0 Å². The molecule has 0 spiro atoms. The Kier molecular flexibility index (Phi) is 5.96. The van der Waals surface area contributed by atoms with E-state index >= 15 is 0 Å². The molecular formula is C13H23NS. The lowest BCUT2D eigenvalue weighted by atomic mass is 10.1. The standard InChI is InChI=1S/C13H23NS/c1-4-7-11(3)14-12(5-2)10-13-8-6-9-15-13/h6,8-9,11-12,14H,4-5,7,10H2,1-3H3. The minimum absolute atomic E-state index is 0.644. The van der Waals surface area contributed by atoms with E-state index in [4.69, 9.17) is 0 Å². The van der Waals surface area contributed by atoms with Crippen LogP contribution in [0.25, 0.3) is 0 Å². The van der Waals surface area contributed by atoms with Gasteiger partial charge < -0.3 is 5.32 Å². The highest BCUT2D eigenvalue weighted by Gasteiger charge is 2.10. The third kappa shape index (κ3) is 4.80. The van der Waals surface area contributed by atoms with Crippen LogP contribution in [-0.2, 0) is 6.42 Å². The molecule has 0 radical (unpaired) electrons. The summed E-state index contributed by atoms with van der Waals surface area (Å²) in [5.74, 6) is 0. The van der Waals surface area contributed by atoms with Gasteiger partial charge in [0.05, 0.1) is 0 Å². The highest BCUT2D eigenvalue weighted by molar-refractivity contribution is 7.09. The smallest absolute Gasteiger partial charge is 0.0115 e. The molecule has 86 valence electrons. The Bertz CT molecular complexity index is 243. The van der Waals surface area contributed by atoms with Crippen LogP contribution in [0.1, 0.15) is 44.9 Å². The van der Waals surface area contributed by atoms with Gasteiger partial charge in [-0.25, -0.2) is 0 Å². The zero-order valence-electron chi connectivity index (χ0n) is 10.1. The maximum atomic E-state index is 3.71. The highest BCUT2D eigenvalue weighted by atomic mass is 32.1. The molecule has 0 aliphatic carbocycles. The van der Waals surface area contributed by atoms with Crippen LogP contribution >= 0.6 is 11.3 Å². The number of nitrogens with one attached hydrogen (secondary N) is 1. The number of thiophene rings is 1. The van der Waals surface area contributed by atoms with E-state index in [0.717, 1.165) is 0 Å². The maximum Gasteiger partial charge on any atom is 0.0115 e. The summed E-state index contributed by atoms with van der Waals surface area (Å²) in [7, 11) is 0. The molecule has 1 nitrogen and oxygen atoms in total. The Balaban J connectivity index is 2.35. The fourth-order valence-electron chi connectivity index (χ4n) is 1.91. The van der Waals surface area contributed by atoms with E-state index in [1.807, 2.05) is 11.3 Å². The Morgan fingerprint density at radius 1 is 1.40 bits per heavy atom. The van der Waals surface area contributed by atoms with Crippen LogP contribution in [0.4, 0.5) is 0 Å². The third-order valence-corrected chi connectivity index (χ3v) is 3.66. The molecule has 2 heteroatoms. The van der Waals surface area contributed by atoms with E-state index in [9.17, 15) is 0 Å². The first-order valence-corrected chi connectivity index (χ1v) is 6.92. The van der Waals surface area contributed by atoms with Crippen LogP contribution in [0.3, 0.4) is 0 Å². The Morgan fingerprint density at radius 2 is 2.20 bits per heavy atom. The van der Waals surface area contributed by atoms with Crippen molar-refractivity contribution < 1.29 is 0 Å². The van der Waals surface area contributed by atoms with Gasteiger partial charge in [-0.15, -0.1) is 11.3 Å². The van der Waals surface area contributed by atoms with Crippen molar-refractivity contribution >= 4 is 11.3 Å². The molecule has 1 aromatic rings. The Labute approximate surface area is 97.9 Å². The lowest BCUT2D eigenvalue weighted by Crippen LogP contribution is -2.37. The van der Waals surface area contributed by atoms with Gasteiger partial charge in [0.15, 0.2) is 0 Å². The van der Waals surface area contributed by atoms with Gasteiger partial charge in [0.25, 0.3) is 0 Å². The molecule has 0 saturated carbocycles. The van der Waals surface area contributed by atoms with Gasteiger partial charge in [-0.05, 0) is 37.6 Å². The first kappa shape index (κ1) is 12.7. The summed E-state index contributed by atoms with van der Waals surface area (Å²) in [5.41, 5.74) is 0. The van der Waals surface area contributed by atoms with Crippen molar-refractivity contribution in [2.24, 2.45) is 0 Å². The van der Waals surface area contributed by atoms with Gasteiger partial charge in [-0.3, -0.25) is 0 Å². The average molecular weight is 225 g/mol. The van der Waals surface area contributed by atoms with Crippen molar-refractivity contribution in [3.63, 3.8) is 0 Å². The predicted molar refractivity (Wildman–Crippen MR) is 69.6 cm³/mol. The summed E-state index contributed by atoms with van der Waals surface area (Å²) in [4.78, 5) is 1.50. The summed E-state index contributed by atoms with van der Waals surface area (Å²) in [6, 6.07) is 5.67. The summed E-state index contributed by atoms with van der Waals surface area (Å²) >= 11 is 1.87. The van der Waals surface area contributed by atoms with Crippen LogP contribution in [0.5, 0.6) is 0 Å². The second-order valence-corrected chi connectivity index (χ2v) is 5.28. The van der Waals surface area contributed by atoms with E-state index in [1.165, 1.54) is 30.6 Å². The average Bonchev–Trinajstić information content (AvgIpc) is 2.70. The van der Waals surface area contributed by atoms with Crippen molar-refractivity contribution in [3.8, 4) is 0 Å². The fourth-order valence-corrected chi connectivity index (χ4v) is 2.70. The predicted octanol–water partition coefficient (Wildman–Crippen LogP) is 3.85. The lowest BCUT2D eigenvalue weighted by Gasteiger charge is -2.21. The van der Waals surface area contributed by atoms with Crippen LogP contribution in [0.2, 0.25) is 0 Å². The summed E-state index contributed by atoms with van der Waals surface area (Å²) in [5, 5.41) is 5.88. The van der Waals surface area contributed by atoms with Crippen molar-refractivity contribution in [2.45, 2.75) is 58.5 Å². The van der Waals surface area contributed by atoms with Gasteiger partial charge in [0.1, 0.15) is 0 Å². The van der Waals surface area contributed by atoms with Gasteiger partial charge in [0, 0.05) is 17.0 Å². The van der Waals surface area contributed by atoms with Crippen LogP contribution in [0, 0.1) is 0 Å². The van der Waals surface area contributed by atoms with E-state index in [0.29, 0.717) is 12.1 Å². The minimum Gasteiger partial charge on any atom is -0.311 e. The summed E-state index contributed by atoms with van der Waals surface area (Å²) in [6.45, 7) is 6.81. The molecule has 15 heavy (non-hydrogen) atoms. The van der Waals surface area contributed by atoms with Crippen molar-refractivity contribution in [3.05, 3.63) is 22.4 Å². The van der Waals surface area contributed by atoms with Crippen LogP contribution < -0.4 is 5.32 Å². The van der Waals surface area contributed by atoms with Crippen LogP contribution in [-0.4, -0.2) is 12.1 Å². The minimum atomic E-state index is 0.644. The van der Waals surface area contributed by atoms with E-state index in [-0.39, 0.29) is 0 Å². The molecular weight excluding hydrogens is 202 g/mol. The molecule has 0 saturated heterocycles. The van der Waals surface area contributed by atoms with E-state index < -0.39 is 0 Å². The van der Waals surface area contributed by atoms with Crippen molar-refractivity contribution in [2.75, 3.05) is 0 Å². The molecule has 0 aliphatic heterocycles. The first-order valence-electron chi connectivity index (χ1n) is 6.04. The molecule has 1 aromatic heterocycles. The molecule has 0 fully saturated rings. The van der Waals surface area contributed by atoms with E-state index in [2.05, 4.69) is 43.6 Å². The molecule has 0 aromatic carbocycles. The zero-order valence-corrected chi connectivity index (χ0v) is 10.9. The second kappa shape index (κ2) is 7.02. The number of hydrogen-bond donors (Lipinski definition) is 1. The molecule has 0 bridgehead atoms. The Hall–Kier alpha value is -0.340. The largest absolute Gasteiger partial charge is 0.311 e. The molecule has 1 N–H and O–H groups in total. The third-order valence-electron chi connectivity index (χ3n) is 2.76. The fraction of sp³-hybridized carbons (Fsp3) is 0.692. The molecule has 0 aliphatic rings. The quantitative estimate of drug-likeness (QED) is 0.743. The lowest BCUT2D eigenvalue weighted by molar-refractivity contribution is 0.414. The first-order chi connectivity index (χ1) is 7.26. The van der Waals surface area contributed by atoms with Crippen molar-refractivity contribution in [1.82, 2.24) is 5.32 Å². The van der Waals surface area contributed by atoms with Gasteiger partial charge in [-0.1, -0.05) is 26.3 Å². The van der Waals surface area contributed by atoms with Crippen LogP contribution in [0.15, 0.2) is 17.5 Å². The second-order valence-electron chi connectivity index (χ2n) is 4.25. The summed E-state index contributed by atoms with van der Waals surface area (Å²) in [6.07, 6.45) is 4.94. The Morgan fingerprint density at radius 3 is 2.73 bits per heavy atom. The van der Waals surface area contributed by atoms with E-state index in [1.54, 1.807) is 0 Å². The van der Waals surface area contributed by atoms with Crippen molar-refractivity contribution in [1.29, 1.82) is 0 Å². The molecule has 1 rings (SSSR count). The van der Waals surface area contributed by atoms with Gasteiger partial charge in [0.2, 0.25) is 0 Å². The topological polar surface area (TPSA) is 12.0 Å². The summed E-state index contributed by atoms with van der Waals surface area (Å²) < 4.78 is 0. The normalized spacial score (nSPS) is 15.1. The molecule has 1 heterocycles. The molecule has 0 amide bonds. The number of hydrogen-bond acceptors (Lipinski definition) is 2. The highest BCUT2D eigenvalue weighted by Crippen LogP contribution is 2.13. The SMILES string of the molecule is CCCC(C)NC(CC)Cc1cccs1.